The first-order valence-electron chi connectivity index (χ1n) is 10.3. The van der Waals surface area contributed by atoms with Gasteiger partial charge in [-0.3, -0.25) is 13.9 Å². The number of amides is 2. The largest absolute Gasteiger partial charge is 0.339 e. The number of benzene rings is 2. The summed E-state index contributed by atoms with van der Waals surface area (Å²) in [6, 6.07) is 11.0. The van der Waals surface area contributed by atoms with E-state index in [1.807, 2.05) is 33.8 Å². The van der Waals surface area contributed by atoms with E-state index in [1.165, 1.54) is 6.92 Å². The highest BCUT2D eigenvalue weighted by Gasteiger charge is 2.30. The summed E-state index contributed by atoms with van der Waals surface area (Å²) < 4.78 is 26.2. The average Bonchev–Trinajstić information content (AvgIpc) is 2.71. The number of rotatable bonds is 8. The zero-order valence-corrected chi connectivity index (χ0v) is 19.8. The van der Waals surface area contributed by atoms with Crippen LogP contribution in [0, 0.1) is 13.8 Å². The van der Waals surface area contributed by atoms with Gasteiger partial charge in [-0.05, 0) is 70.0 Å². The minimum atomic E-state index is -3.73. The van der Waals surface area contributed by atoms with Gasteiger partial charge in [0.2, 0.25) is 15.9 Å². The lowest BCUT2D eigenvalue weighted by atomic mass is 10.1. The van der Waals surface area contributed by atoms with Crippen LogP contribution in [0.15, 0.2) is 42.5 Å². The van der Waals surface area contributed by atoms with Crippen molar-refractivity contribution >= 4 is 33.2 Å². The molecule has 0 fully saturated rings. The fraction of sp³-hybridized carbons (Fsp3) is 0.391. The molecule has 2 aromatic carbocycles. The van der Waals surface area contributed by atoms with E-state index in [0.29, 0.717) is 30.0 Å². The molecule has 0 saturated carbocycles. The lowest BCUT2D eigenvalue weighted by Crippen LogP contribution is -2.45. The second-order valence-corrected chi connectivity index (χ2v) is 9.38. The molecular formula is C23H31N3O4S. The zero-order chi connectivity index (χ0) is 23.3. The second-order valence-electron chi connectivity index (χ2n) is 7.52. The van der Waals surface area contributed by atoms with E-state index in [9.17, 15) is 18.0 Å². The molecule has 2 rings (SSSR count). The molecule has 0 saturated heterocycles. The maximum atomic E-state index is 13.1. The second kappa shape index (κ2) is 9.96. The van der Waals surface area contributed by atoms with Crippen molar-refractivity contribution in [1.82, 2.24) is 4.90 Å². The molecule has 0 radical (unpaired) electrons. The summed E-state index contributed by atoms with van der Waals surface area (Å²) in [7, 11) is -3.73. The van der Waals surface area contributed by atoms with Crippen LogP contribution in [0.2, 0.25) is 0 Å². The van der Waals surface area contributed by atoms with Gasteiger partial charge in [-0.15, -0.1) is 0 Å². The van der Waals surface area contributed by atoms with Crippen molar-refractivity contribution in [1.29, 1.82) is 0 Å². The van der Waals surface area contributed by atoms with E-state index in [4.69, 9.17) is 0 Å². The average molecular weight is 446 g/mol. The van der Waals surface area contributed by atoms with E-state index >= 15 is 0 Å². The Morgan fingerprint density at radius 3 is 2.16 bits per heavy atom. The van der Waals surface area contributed by atoms with Gasteiger partial charge in [0.15, 0.2) is 0 Å². The van der Waals surface area contributed by atoms with Gasteiger partial charge >= 0.3 is 0 Å². The van der Waals surface area contributed by atoms with E-state index in [0.717, 1.165) is 21.7 Å². The monoisotopic (exact) mass is 445 g/mol. The highest BCUT2D eigenvalue weighted by molar-refractivity contribution is 7.92. The van der Waals surface area contributed by atoms with Crippen molar-refractivity contribution in [3.63, 3.8) is 0 Å². The Balaban J connectivity index is 2.38. The van der Waals surface area contributed by atoms with Crippen LogP contribution >= 0.6 is 0 Å². The molecule has 1 atom stereocenters. The third-order valence-electron chi connectivity index (χ3n) is 5.30. The number of aryl methyl sites for hydroxylation is 2. The summed E-state index contributed by atoms with van der Waals surface area (Å²) in [6.45, 7) is 10.2. The van der Waals surface area contributed by atoms with Gasteiger partial charge in [0.05, 0.1) is 23.2 Å². The van der Waals surface area contributed by atoms with Crippen LogP contribution < -0.4 is 9.62 Å². The molecule has 2 aromatic rings. The van der Waals surface area contributed by atoms with Gasteiger partial charge in [-0.25, -0.2) is 8.42 Å². The van der Waals surface area contributed by atoms with Crippen LogP contribution in [-0.2, 0) is 14.8 Å². The molecule has 0 aliphatic rings. The number of nitrogens with zero attached hydrogens (tertiary/aromatic N) is 2. The summed E-state index contributed by atoms with van der Waals surface area (Å²) in [6.07, 6.45) is 1.07. The highest BCUT2D eigenvalue weighted by Crippen LogP contribution is 2.25. The van der Waals surface area contributed by atoms with E-state index in [2.05, 4.69) is 5.32 Å². The normalized spacial score (nSPS) is 12.2. The van der Waals surface area contributed by atoms with Gasteiger partial charge in [0, 0.05) is 13.1 Å². The third kappa shape index (κ3) is 5.64. The number of carbonyl (C=O) groups is 2. The summed E-state index contributed by atoms with van der Waals surface area (Å²) in [5.74, 6) is -0.717. The molecule has 0 heterocycles. The van der Waals surface area contributed by atoms with Crippen molar-refractivity contribution in [3.8, 4) is 0 Å². The van der Waals surface area contributed by atoms with Gasteiger partial charge in [0.25, 0.3) is 5.91 Å². The SMILES string of the molecule is CCN(CC)C(=O)c1ccccc1NC(=O)[C@@H](C)N(c1ccc(C)c(C)c1)S(C)(=O)=O. The third-order valence-corrected chi connectivity index (χ3v) is 6.54. The first-order valence-corrected chi connectivity index (χ1v) is 12.1. The first-order chi connectivity index (χ1) is 14.5. The van der Waals surface area contributed by atoms with Gasteiger partial charge in [0.1, 0.15) is 6.04 Å². The molecule has 2 amide bonds. The predicted molar refractivity (Wildman–Crippen MR) is 125 cm³/mol. The number of para-hydroxylation sites is 1. The molecule has 0 spiro atoms. The van der Waals surface area contributed by atoms with Crippen LogP contribution in [0.1, 0.15) is 42.3 Å². The quantitative estimate of drug-likeness (QED) is 0.673. The molecule has 8 heteroatoms. The van der Waals surface area contributed by atoms with Crippen LogP contribution in [0.4, 0.5) is 11.4 Å². The maximum absolute atomic E-state index is 13.1. The Hall–Kier alpha value is -2.87. The van der Waals surface area contributed by atoms with Crippen molar-refractivity contribution in [2.45, 2.75) is 40.7 Å². The number of hydrogen-bond acceptors (Lipinski definition) is 4. The molecule has 0 unspecified atom stereocenters. The van der Waals surface area contributed by atoms with E-state index in [-0.39, 0.29) is 5.91 Å². The highest BCUT2D eigenvalue weighted by atomic mass is 32.2. The number of nitrogens with one attached hydrogen (secondary N) is 1. The van der Waals surface area contributed by atoms with E-state index < -0.39 is 22.0 Å². The number of hydrogen-bond donors (Lipinski definition) is 1. The molecule has 0 aliphatic carbocycles. The minimum absolute atomic E-state index is 0.192. The summed E-state index contributed by atoms with van der Waals surface area (Å²) in [5, 5.41) is 2.75. The first kappa shape index (κ1) is 24.4. The molecule has 0 bridgehead atoms. The predicted octanol–water partition coefficient (Wildman–Crippen LogP) is 3.58. The van der Waals surface area contributed by atoms with Crippen molar-refractivity contribution in [2.24, 2.45) is 0 Å². The fourth-order valence-corrected chi connectivity index (χ4v) is 4.54. The standard InChI is InChI=1S/C23H31N3O4S/c1-7-25(8-2)23(28)20-11-9-10-12-21(20)24-22(27)18(5)26(31(6,29)30)19-14-13-16(3)17(4)15-19/h9-15,18H,7-8H2,1-6H3,(H,24,27)/t18-/m1/s1. The molecule has 7 nitrogen and oxygen atoms in total. The molecule has 1 N–H and O–H groups in total. The fourth-order valence-electron chi connectivity index (χ4n) is 3.37. The Labute approximate surface area is 185 Å². The van der Waals surface area contributed by atoms with Crippen molar-refractivity contribution in [2.75, 3.05) is 29.0 Å². The maximum Gasteiger partial charge on any atom is 0.255 e. The minimum Gasteiger partial charge on any atom is -0.339 e. The smallest absolute Gasteiger partial charge is 0.255 e. The number of carbonyl (C=O) groups excluding carboxylic acids is 2. The summed E-state index contributed by atoms with van der Waals surface area (Å²) in [4.78, 5) is 27.6. The van der Waals surface area contributed by atoms with Crippen molar-refractivity contribution < 1.29 is 18.0 Å². The van der Waals surface area contributed by atoms with Crippen LogP contribution in [0.3, 0.4) is 0 Å². The van der Waals surface area contributed by atoms with Gasteiger partial charge < -0.3 is 10.2 Å². The number of anilines is 2. The molecule has 168 valence electrons. The lowest BCUT2D eigenvalue weighted by Gasteiger charge is -2.29. The molecule has 31 heavy (non-hydrogen) atoms. The Bertz CT molecular complexity index is 1060. The Kier molecular flexibility index (Phi) is 7.84. The topological polar surface area (TPSA) is 86.8 Å². The van der Waals surface area contributed by atoms with Crippen LogP contribution in [0.5, 0.6) is 0 Å². The molecular weight excluding hydrogens is 414 g/mol. The lowest BCUT2D eigenvalue weighted by molar-refractivity contribution is -0.116. The Morgan fingerprint density at radius 1 is 1.00 bits per heavy atom. The van der Waals surface area contributed by atoms with Gasteiger partial charge in [-0.2, -0.15) is 0 Å². The molecule has 0 aromatic heterocycles. The van der Waals surface area contributed by atoms with Crippen LogP contribution in [-0.4, -0.2) is 50.5 Å². The van der Waals surface area contributed by atoms with Crippen LogP contribution in [0.25, 0.3) is 0 Å². The summed E-state index contributed by atoms with van der Waals surface area (Å²) >= 11 is 0. The van der Waals surface area contributed by atoms with E-state index in [1.54, 1.807) is 41.3 Å². The zero-order valence-electron chi connectivity index (χ0n) is 19.0. The van der Waals surface area contributed by atoms with Gasteiger partial charge in [-0.1, -0.05) is 18.2 Å². The summed E-state index contributed by atoms with van der Waals surface area (Å²) in [5.41, 5.74) is 3.08. The Morgan fingerprint density at radius 2 is 1.61 bits per heavy atom. The van der Waals surface area contributed by atoms with Crippen molar-refractivity contribution in [3.05, 3.63) is 59.2 Å². The molecule has 0 aliphatic heterocycles. The number of sulfonamides is 1.